The number of nitrogens with zero attached hydrogens (tertiary/aromatic N) is 24. The number of unbranched alkanes of at least 4 members (excludes halogenated alkanes) is 20. The first kappa shape index (κ1) is 114. The van der Waals surface area contributed by atoms with Crippen molar-refractivity contribution >= 4 is 0 Å². The van der Waals surface area contributed by atoms with Crippen LogP contribution < -0.4 is 0 Å². The van der Waals surface area contributed by atoms with E-state index in [-0.39, 0.29) is 0 Å². The van der Waals surface area contributed by atoms with Crippen molar-refractivity contribution in [3.8, 4) is 72.8 Å². The third-order valence-electron chi connectivity index (χ3n) is 19.7. The molecule has 0 rings (SSSR count). The lowest BCUT2D eigenvalue weighted by Crippen LogP contribution is -2.23. The number of rotatable bonds is 52. The van der Waals surface area contributed by atoms with Crippen molar-refractivity contribution in [2.45, 2.75) is 489 Å². The molecule has 24 nitrogen and oxygen atoms in total. The molecule has 0 N–H and O–H groups in total. The van der Waals surface area contributed by atoms with Gasteiger partial charge in [-0.25, -0.2) is 0 Å². The van der Waals surface area contributed by atoms with Gasteiger partial charge in [0.1, 0.15) is 0 Å². The molecule has 0 radical (unpaired) electrons. The van der Waals surface area contributed by atoms with Crippen LogP contribution in [-0.4, -0.2) is 66.5 Å². The Kier molecular flexibility index (Phi) is 66.3. The highest BCUT2D eigenvalue weighted by molar-refractivity contribution is 5.12. The molecule has 0 aliphatic rings. The van der Waals surface area contributed by atoms with Gasteiger partial charge in [-0.2, -0.15) is 125 Å². The van der Waals surface area contributed by atoms with Gasteiger partial charge >= 0.3 is 0 Å². The molecule has 0 aromatic carbocycles. The highest BCUT2D eigenvalue weighted by Gasteiger charge is 2.33. The minimum atomic E-state index is -0.804. The molecule has 0 heterocycles. The second-order valence-electron chi connectivity index (χ2n) is 32.3. The molecular formula is C88H152N24. The average Bonchev–Trinajstić information content (AvgIpc) is 0.883. The van der Waals surface area contributed by atoms with Gasteiger partial charge in [-0.3, -0.25) is 0 Å². The molecular weight excluding hydrogens is 1390 g/mol. The molecule has 24 heteroatoms. The highest BCUT2D eigenvalue weighted by atomic mass is 15.2. The van der Waals surface area contributed by atoms with Crippen LogP contribution in [-0.2, 0) is 0 Å². The molecule has 0 amide bonds. The Labute approximate surface area is 683 Å². The van der Waals surface area contributed by atoms with E-state index in [9.17, 15) is 36.8 Å². The monoisotopic (exact) mass is 1550 g/mol. The van der Waals surface area contributed by atoms with Gasteiger partial charge in [0.05, 0.1) is 72.8 Å². The quantitative estimate of drug-likeness (QED) is 0.0405. The minimum absolute atomic E-state index is 0.595. The summed E-state index contributed by atoms with van der Waals surface area (Å²) in [6, 6.07) is 26.3. The van der Waals surface area contributed by atoms with Crippen LogP contribution in [0, 0.1) is 136 Å². The predicted octanol–water partition coefficient (Wildman–Crippen LogP) is 27.9. The largest absolute Gasteiger partial charge is 0.196 e. The van der Waals surface area contributed by atoms with E-state index in [1.807, 2.05) is 48.5 Å². The molecule has 0 spiro atoms. The fourth-order valence-corrected chi connectivity index (χ4v) is 9.50. The summed E-state index contributed by atoms with van der Waals surface area (Å²) in [6.45, 7) is 46.0. The Morgan fingerprint density at radius 3 is 0.321 bits per heavy atom. The lowest BCUT2D eigenvalue weighted by atomic mass is 9.95. The van der Waals surface area contributed by atoms with E-state index in [0.29, 0.717) is 77.0 Å². The van der Waals surface area contributed by atoms with Crippen molar-refractivity contribution in [3.05, 3.63) is 0 Å². The molecule has 112 heavy (non-hydrogen) atoms. The zero-order valence-corrected chi connectivity index (χ0v) is 75.0. The first-order valence-electron chi connectivity index (χ1n) is 42.3. The maximum absolute atomic E-state index is 9.37. The second kappa shape index (κ2) is 64.9. The van der Waals surface area contributed by atoms with Gasteiger partial charge < -0.3 is 0 Å². The molecule has 0 saturated heterocycles. The maximum Gasteiger partial charge on any atom is 0.164 e. The summed E-state index contributed by atoms with van der Waals surface area (Å²) in [4.78, 5) is 0. The van der Waals surface area contributed by atoms with E-state index < -0.39 is 66.5 Å². The van der Waals surface area contributed by atoms with Crippen LogP contribution in [0.25, 0.3) is 0 Å². The van der Waals surface area contributed by atoms with Crippen molar-refractivity contribution in [1.82, 2.24) is 0 Å². The molecule has 0 aromatic heterocycles. The maximum atomic E-state index is 9.37. The van der Waals surface area contributed by atoms with E-state index >= 15 is 0 Å². The topological polar surface area (TPSA) is 434 Å². The van der Waals surface area contributed by atoms with E-state index in [1.54, 1.807) is 62.3 Å². The molecule has 12 atom stereocenters. The molecule has 12 unspecified atom stereocenters. The highest BCUT2D eigenvalue weighted by Crippen LogP contribution is 2.31. The number of nitriles is 12. The Bertz CT molecular complexity index is 3160. The van der Waals surface area contributed by atoms with E-state index in [0.717, 1.165) is 128 Å². The molecule has 0 aromatic rings. The number of hydrogen-bond acceptors (Lipinski definition) is 24. The summed E-state index contributed by atoms with van der Waals surface area (Å²) >= 11 is 0. The van der Waals surface area contributed by atoms with Crippen LogP contribution in [0.4, 0.5) is 0 Å². The number of hydrogen-bond donors (Lipinski definition) is 0. The van der Waals surface area contributed by atoms with Gasteiger partial charge in [-0.15, -0.1) is 0 Å². The summed E-state index contributed by atoms with van der Waals surface area (Å²) in [7, 11) is 0. The van der Waals surface area contributed by atoms with Crippen LogP contribution >= 0.6 is 0 Å². The smallest absolute Gasteiger partial charge is 0.164 e. The summed E-state index contributed by atoms with van der Waals surface area (Å²) in [6.07, 6.45) is 38.6. The van der Waals surface area contributed by atoms with Crippen LogP contribution in [0.15, 0.2) is 61.4 Å². The third kappa shape index (κ3) is 57.5. The van der Waals surface area contributed by atoms with Crippen molar-refractivity contribution in [1.29, 1.82) is 63.1 Å². The fraction of sp³-hybridized carbons (Fsp3) is 0.864. The Balaban J connectivity index is -0.000000303. The van der Waals surface area contributed by atoms with Gasteiger partial charge in [0.25, 0.3) is 0 Å². The first-order chi connectivity index (χ1) is 52.7. The molecule has 0 saturated carbocycles. The van der Waals surface area contributed by atoms with Gasteiger partial charge in [0.15, 0.2) is 66.5 Å². The third-order valence-corrected chi connectivity index (χ3v) is 19.7. The normalized spacial score (nSPS) is 17.5. The van der Waals surface area contributed by atoms with E-state index in [4.69, 9.17) is 26.3 Å². The van der Waals surface area contributed by atoms with Crippen LogP contribution in [0.3, 0.4) is 0 Å². The van der Waals surface area contributed by atoms with Gasteiger partial charge in [0, 0.05) is 0 Å². The zero-order valence-electron chi connectivity index (χ0n) is 75.0. The minimum Gasteiger partial charge on any atom is -0.196 e. The molecule has 624 valence electrons. The van der Waals surface area contributed by atoms with Crippen molar-refractivity contribution in [2.24, 2.45) is 61.4 Å². The Hall–Kier alpha value is -8.52. The summed E-state index contributed by atoms with van der Waals surface area (Å²) < 4.78 is 0. The van der Waals surface area contributed by atoms with Crippen molar-refractivity contribution < 1.29 is 0 Å². The Morgan fingerprint density at radius 2 is 0.232 bits per heavy atom. The van der Waals surface area contributed by atoms with E-state index in [1.165, 1.54) is 51.4 Å². The standard InChI is InChI=1S/C18H32N4.C17H30N4.C16H28N4.C14H24N4.C13H22N4.C10H16N4/c1-5-7-9-11-13-17(3,15-19)21-22-18(4,16-20)14-12-10-8-6-2;1-5-7-9-11-13-17(4,15-19)21-20-16(3,14-18)12-10-8-6-2;1-5-7-9-11-15(3,13-17)19-20-16(4,14-18)12-10-8-6-2;1-5-7-8-9-10-14(4,12-16)18-17-13(3,6-2)11-15;1-5-7-8-9-13(4,11-15)17-16-12(3,6-2)10-14;1-5-9(3,7-11)13-14-10(4,6-2)8-12/h5-14H2,1-4H3;5-13H2,1-4H3;5-12H2,1-4H3;5-10H2,1-4H3;5-9H2,1-4H3;5-6H2,1-4H3. The molecule has 0 aliphatic heterocycles. The first-order valence-corrected chi connectivity index (χ1v) is 42.3. The van der Waals surface area contributed by atoms with Crippen LogP contribution in [0.5, 0.6) is 0 Å². The van der Waals surface area contributed by atoms with Crippen LogP contribution in [0.2, 0.25) is 0 Å². The molecule has 0 bridgehead atoms. The SMILES string of the molecule is CCC(C)(C#N)N=NC(C)(C#N)CC.CCCCCC(C)(C#N)N=NC(C)(C#N)CC.CCCCCC(C)(C#N)N=NC(C)(C#N)CCCCC.CCCCCCC(C)(C#N)N=NC(C)(C#N)CC.CCCCCCC(C)(C#N)N=NC(C)(C#N)CCCCC.CCCCCCC(C)(C#N)N=NC(C)(C#N)CCCCCC. The Morgan fingerprint density at radius 1 is 0.143 bits per heavy atom. The lowest BCUT2D eigenvalue weighted by Gasteiger charge is -2.19. The lowest BCUT2D eigenvalue weighted by molar-refractivity contribution is 0.425. The predicted molar refractivity (Wildman–Crippen MR) is 450 cm³/mol. The average molecular weight is 1550 g/mol. The summed E-state index contributed by atoms with van der Waals surface area (Å²) in [5.41, 5.74) is -9.55. The second-order valence-corrected chi connectivity index (χ2v) is 32.3. The van der Waals surface area contributed by atoms with Crippen molar-refractivity contribution in [3.63, 3.8) is 0 Å². The van der Waals surface area contributed by atoms with Crippen LogP contribution in [0.1, 0.15) is 423 Å². The van der Waals surface area contributed by atoms with Gasteiger partial charge in [-0.1, -0.05) is 212 Å². The van der Waals surface area contributed by atoms with Gasteiger partial charge in [0.2, 0.25) is 0 Å². The van der Waals surface area contributed by atoms with E-state index in [2.05, 4.69) is 190 Å². The molecule has 0 fully saturated rings. The fourth-order valence-electron chi connectivity index (χ4n) is 9.50. The number of azo groups is 6. The molecule has 0 aliphatic carbocycles. The van der Waals surface area contributed by atoms with Gasteiger partial charge in [-0.05, 0) is 212 Å². The summed E-state index contributed by atoms with van der Waals surface area (Å²) in [5, 5.41) is 160. The zero-order chi connectivity index (χ0) is 87.3. The summed E-state index contributed by atoms with van der Waals surface area (Å²) in [5.74, 6) is 0. The van der Waals surface area contributed by atoms with Crippen molar-refractivity contribution in [2.75, 3.05) is 0 Å².